The number of piperidine rings is 3. The van der Waals surface area contributed by atoms with Crippen molar-refractivity contribution in [3.8, 4) is 0 Å². The van der Waals surface area contributed by atoms with Crippen molar-refractivity contribution in [1.82, 2.24) is 10.2 Å². The van der Waals surface area contributed by atoms with E-state index in [1.807, 2.05) is 30.3 Å². The van der Waals surface area contributed by atoms with Gasteiger partial charge in [-0.25, -0.2) is 0 Å². The molecular formula is C17H23N3S. The van der Waals surface area contributed by atoms with Gasteiger partial charge >= 0.3 is 0 Å². The number of thiocarbonyl (C=S) groups is 1. The van der Waals surface area contributed by atoms with Crippen LogP contribution in [0.2, 0.25) is 0 Å². The zero-order chi connectivity index (χ0) is 14.7. The highest BCUT2D eigenvalue weighted by Crippen LogP contribution is 2.36. The van der Waals surface area contributed by atoms with E-state index in [2.05, 4.69) is 28.2 Å². The molecule has 1 aromatic rings. The van der Waals surface area contributed by atoms with E-state index in [0.29, 0.717) is 17.1 Å². The van der Waals surface area contributed by atoms with Crippen molar-refractivity contribution in [1.29, 1.82) is 0 Å². The highest BCUT2D eigenvalue weighted by Gasteiger charge is 2.38. The van der Waals surface area contributed by atoms with E-state index in [1.165, 1.54) is 25.9 Å². The molecule has 21 heavy (non-hydrogen) atoms. The summed E-state index contributed by atoms with van der Waals surface area (Å²) >= 11 is 5.38. The molecule has 3 aliphatic rings. The summed E-state index contributed by atoms with van der Waals surface area (Å²) in [7, 11) is 0. The Morgan fingerprint density at radius 2 is 2.19 bits per heavy atom. The molecule has 2 N–H and O–H groups in total. The van der Waals surface area contributed by atoms with E-state index in [1.54, 1.807) is 0 Å². The van der Waals surface area contributed by atoms with Gasteiger partial charge in [-0.2, -0.15) is 0 Å². The van der Waals surface area contributed by atoms with Crippen LogP contribution in [0.5, 0.6) is 0 Å². The molecule has 3 heterocycles. The molecule has 4 atom stereocenters. The largest absolute Gasteiger partial charge is 0.361 e. The van der Waals surface area contributed by atoms with Crippen LogP contribution < -0.4 is 10.6 Å². The Morgan fingerprint density at radius 3 is 2.86 bits per heavy atom. The van der Waals surface area contributed by atoms with Crippen LogP contribution in [-0.4, -0.2) is 35.7 Å². The number of nitrogens with one attached hydrogen (secondary N) is 2. The van der Waals surface area contributed by atoms with Crippen molar-refractivity contribution in [3.05, 3.63) is 43.0 Å². The molecule has 1 aromatic carbocycles. The van der Waals surface area contributed by atoms with Crippen LogP contribution in [0.4, 0.5) is 5.69 Å². The van der Waals surface area contributed by atoms with Gasteiger partial charge < -0.3 is 10.6 Å². The van der Waals surface area contributed by atoms with Gasteiger partial charge in [0.15, 0.2) is 5.11 Å². The van der Waals surface area contributed by atoms with Gasteiger partial charge in [-0.3, -0.25) is 4.90 Å². The summed E-state index contributed by atoms with van der Waals surface area (Å²) in [6.07, 6.45) is 4.72. The van der Waals surface area contributed by atoms with Crippen LogP contribution >= 0.6 is 12.2 Å². The predicted octanol–water partition coefficient (Wildman–Crippen LogP) is 2.87. The molecular weight excluding hydrogens is 278 g/mol. The maximum absolute atomic E-state index is 5.38. The second kappa shape index (κ2) is 6.58. The van der Waals surface area contributed by atoms with Crippen molar-refractivity contribution < 1.29 is 0 Å². The summed E-state index contributed by atoms with van der Waals surface area (Å²) in [6.45, 7) is 7.29. The second-order valence-corrected chi connectivity index (χ2v) is 6.44. The molecule has 0 aromatic heterocycles. The topological polar surface area (TPSA) is 27.3 Å². The van der Waals surface area contributed by atoms with E-state index in [9.17, 15) is 0 Å². The van der Waals surface area contributed by atoms with Gasteiger partial charge in [0.25, 0.3) is 0 Å². The lowest BCUT2D eigenvalue weighted by Gasteiger charge is -2.49. The highest BCUT2D eigenvalue weighted by molar-refractivity contribution is 7.80. The molecule has 2 bridgehead atoms. The summed E-state index contributed by atoms with van der Waals surface area (Å²) in [5.74, 6) is 1.50. The smallest absolute Gasteiger partial charge is 0.170 e. The number of hydrogen-bond acceptors (Lipinski definition) is 2. The van der Waals surface area contributed by atoms with Crippen LogP contribution in [-0.2, 0) is 0 Å². The quantitative estimate of drug-likeness (QED) is 0.660. The Balaban J connectivity index is 1.48. The molecule has 0 radical (unpaired) electrons. The van der Waals surface area contributed by atoms with Crippen molar-refractivity contribution in [2.45, 2.75) is 18.9 Å². The molecule has 112 valence electrons. The zero-order valence-corrected chi connectivity index (χ0v) is 13.1. The fourth-order valence-electron chi connectivity index (χ4n) is 3.57. The number of anilines is 1. The lowest BCUT2D eigenvalue weighted by atomic mass is 9.76. The van der Waals surface area contributed by atoms with Crippen LogP contribution in [0.15, 0.2) is 43.0 Å². The molecule has 4 unspecified atom stereocenters. The van der Waals surface area contributed by atoms with E-state index < -0.39 is 0 Å². The number of benzene rings is 1. The number of rotatable bonds is 4. The second-order valence-electron chi connectivity index (χ2n) is 6.03. The Hall–Kier alpha value is -1.39. The van der Waals surface area contributed by atoms with E-state index >= 15 is 0 Å². The van der Waals surface area contributed by atoms with Gasteiger partial charge in [0.05, 0.1) is 0 Å². The summed E-state index contributed by atoms with van der Waals surface area (Å²) < 4.78 is 0. The minimum atomic E-state index is 0.607. The van der Waals surface area contributed by atoms with Crippen LogP contribution in [0.3, 0.4) is 0 Å². The fraction of sp³-hybridized carbons (Fsp3) is 0.471. The van der Waals surface area contributed by atoms with Gasteiger partial charge in [-0.1, -0.05) is 24.3 Å². The lowest BCUT2D eigenvalue weighted by molar-refractivity contribution is 0.0215. The summed E-state index contributed by atoms with van der Waals surface area (Å²) in [5.41, 5.74) is 1.03. The SMILES string of the molecule is C=CC1CN2CCC1CC2CNC(=S)Nc1ccccc1. The summed E-state index contributed by atoms with van der Waals surface area (Å²) in [6, 6.07) is 10.7. The first-order chi connectivity index (χ1) is 10.3. The molecule has 3 aliphatic heterocycles. The predicted molar refractivity (Wildman–Crippen MR) is 92.4 cm³/mol. The Morgan fingerprint density at radius 1 is 1.38 bits per heavy atom. The molecule has 4 rings (SSSR count). The third kappa shape index (κ3) is 3.44. The highest BCUT2D eigenvalue weighted by atomic mass is 32.1. The van der Waals surface area contributed by atoms with Crippen LogP contribution in [0.1, 0.15) is 12.8 Å². The van der Waals surface area contributed by atoms with Gasteiger partial charge in [0.1, 0.15) is 0 Å². The fourth-order valence-corrected chi connectivity index (χ4v) is 3.77. The molecule has 0 aliphatic carbocycles. The lowest BCUT2D eigenvalue weighted by Crippen LogP contribution is -2.56. The van der Waals surface area contributed by atoms with Crippen molar-refractivity contribution in [3.63, 3.8) is 0 Å². The zero-order valence-electron chi connectivity index (χ0n) is 12.3. The number of fused-ring (bicyclic) bond motifs is 3. The number of hydrogen-bond donors (Lipinski definition) is 2. The van der Waals surface area contributed by atoms with Crippen molar-refractivity contribution in [2.24, 2.45) is 11.8 Å². The average molecular weight is 301 g/mol. The standard InChI is InChI=1S/C17H23N3S/c1-2-13-12-20-9-8-14(13)10-16(20)11-18-17(21)19-15-6-4-3-5-7-15/h2-7,13-14,16H,1,8-12H2,(H2,18,19,21). The summed E-state index contributed by atoms with van der Waals surface area (Å²) in [5, 5.41) is 7.31. The third-order valence-corrected chi connectivity index (χ3v) is 5.01. The van der Waals surface area contributed by atoms with Gasteiger partial charge in [0, 0.05) is 24.8 Å². The van der Waals surface area contributed by atoms with Crippen LogP contribution in [0.25, 0.3) is 0 Å². The monoisotopic (exact) mass is 301 g/mol. The maximum Gasteiger partial charge on any atom is 0.170 e. The molecule has 3 nitrogen and oxygen atoms in total. The van der Waals surface area contributed by atoms with Gasteiger partial charge in [0.2, 0.25) is 0 Å². The number of nitrogens with zero attached hydrogens (tertiary/aromatic N) is 1. The molecule has 3 fully saturated rings. The van der Waals surface area contributed by atoms with Crippen molar-refractivity contribution in [2.75, 3.05) is 25.0 Å². The third-order valence-electron chi connectivity index (χ3n) is 4.76. The van der Waals surface area contributed by atoms with E-state index in [0.717, 1.165) is 18.2 Å². The normalized spacial score (nSPS) is 30.7. The molecule has 0 spiro atoms. The minimum absolute atomic E-state index is 0.607. The Labute approximate surface area is 132 Å². The first-order valence-electron chi connectivity index (χ1n) is 7.73. The Bertz CT molecular complexity index is 502. The number of para-hydroxylation sites is 1. The van der Waals surface area contributed by atoms with Gasteiger partial charge in [-0.15, -0.1) is 6.58 Å². The maximum atomic E-state index is 5.38. The Kier molecular flexibility index (Phi) is 4.56. The van der Waals surface area contributed by atoms with E-state index in [4.69, 9.17) is 12.2 Å². The first kappa shape index (κ1) is 14.5. The summed E-state index contributed by atoms with van der Waals surface area (Å²) in [4.78, 5) is 2.59. The van der Waals surface area contributed by atoms with Crippen molar-refractivity contribution >= 4 is 23.0 Å². The molecule has 0 saturated carbocycles. The average Bonchev–Trinajstić information content (AvgIpc) is 2.54. The van der Waals surface area contributed by atoms with E-state index in [-0.39, 0.29) is 0 Å². The molecule has 4 heteroatoms. The first-order valence-corrected chi connectivity index (χ1v) is 8.13. The minimum Gasteiger partial charge on any atom is -0.361 e. The van der Waals surface area contributed by atoms with Crippen LogP contribution in [0, 0.1) is 11.8 Å². The molecule has 3 saturated heterocycles. The van der Waals surface area contributed by atoms with Gasteiger partial charge in [-0.05, 0) is 55.6 Å². The molecule has 0 amide bonds.